The second-order valence-corrected chi connectivity index (χ2v) is 8.79. The van der Waals surface area contributed by atoms with Crippen LogP contribution in [0.1, 0.15) is 35.8 Å². The molecule has 31 heavy (non-hydrogen) atoms. The van der Waals surface area contributed by atoms with E-state index in [4.69, 9.17) is 4.42 Å². The van der Waals surface area contributed by atoms with Crippen LogP contribution >= 0.6 is 0 Å². The van der Waals surface area contributed by atoms with Crippen molar-refractivity contribution in [2.75, 3.05) is 6.26 Å². The number of carbonyl (C=O) groups excluding carboxylic acids is 1. The van der Waals surface area contributed by atoms with Crippen molar-refractivity contribution in [1.82, 2.24) is 5.32 Å². The number of hydrogen-bond donors (Lipinski definition) is 1. The summed E-state index contributed by atoms with van der Waals surface area (Å²) < 4.78 is 30.9. The number of allylic oxidation sites excluding steroid dienone is 2. The number of fused-ring (bicyclic) bond motifs is 1. The molecule has 0 radical (unpaired) electrons. The number of hydrogen-bond acceptors (Lipinski definition) is 3. The van der Waals surface area contributed by atoms with Gasteiger partial charge in [0.05, 0.1) is 19.2 Å². The van der Waals surface area contributed by atoms with Crippen molar-refractivity contribution in [1.29, 1.82) is 0 Å². The van der Waals surface area contributed by atoms with Crippen LogP contribution in [0.2, 0.25) is 0 Å². The molecule has 1 aliphatic carbocycles. The number of benzene rings is 2. The molecule has 4 rings (SSSR count). The fourth-order valence-corrected chi connectivity index (χ4v) is 4.25. The van der Waals surface area contributed by atoms with Gasteiger partial charge in [0.2, 0.25) is 5.91 Å². The van der Waals surface area contributed by atoms with Gasteiger partial charge in [0.1, 0.15) is 11.6 Å². The Morgan fingerprint density at radius 2 is 1.90 bits per heavy atom. The maximum absolute atomic E-state index is 14.0. The Labute approximate surface area is 182 Å². The number of halogens is 1. The zero-order chi connectivity index (χ0) is 22.0. The highest BCUT2D eigenvalue weighted by Gasteiger charge is 2.25. The smallest absolute Gasteiger partial charge is 0.224 e. The van der Waals surface area contributed by atoms with Gasteiger partial charge in [-0.1, -0.05) is 18.2 Å². The molecule has 3 aromatic rings. The summed E-state index contributed by atoms with van der Waals surface area (Å²) in [5.74, 6) is 0.182. The molecule has 1 aromatic heterocycles. The van der Waals surface area contributed by atoms with Crippen molar-refractivity contribution in [2.24, 2.45) is 0 Å². The molecule has 0 saturated carbocycles. The first-order valence-electron chi connectivity index (χ1n) is 9.87. The Bertz CT molecular complexity index is 1210. The minimum absolute atomic E-state index is 0.147. The van der Waals surface area contributed by atoms with Gasteiger partial charge in [0, 0.05) is 22.0 Å². The van der Waals surface area contributed by atoms with E-state index in [2.05, 4.69) is 5.32 Å². The molecule has 1 amide bonds. The lowest BCUT2D eigenvalue weighted by Crippen LogP contribution is -2.22. The van der Waals surface area contributed by atoms with Gasteiger partial charge in [0.25, 0.3) is 0 Å². The van der Waals surface area contributed by atoms with E-state index in [9.17, 15) is 13.4 Å². The van der Waals surface area contributed by atoms with Gasteiger partial charge >= 0.3 is 0 Å². The third-order valence-electron chi connectivity index (χ3n) is 5.35. The first kappa shape index (κ1) is 21.0. The molecular formula is C25H22FNO3S. The molecule has 0 bridgehead atoms. The Kier molecular flexibility index (Phi) is 6.00. The molecule has 1 N–H and O–H groups in total. The monoisotopic (exact) mass is 435 g/mol. The minimum atomic E-state index is -1.04. The average molecular weight is 436 g/mol. The van der Waals surface area contributed by atoms with Crippen molar-refractivity contribution in [3.05, 3.63) is 94.7 Å². The fourth-order valence-electron chi connectivity index (χ4n) is 3.73. The molecule has 0 fully saturated rings. The topological polar surface area (TPSA) is 59.3 Å². The van der Waals surface area contributed by atoms with Gasteiger partial charge in [0.15, 0.2) is 0 Å². The van der Waals surface area contributed by atoms with Crippen LogP contribution in [0.4, 0.5) is 4.39 Å². The van der Waals surface area contributed by atoms with E-state index in [0.29, 0.717) is 12.3 Å². The second kappa shape index (κ2) is 8.86. The molecule has 0 aliphatic heterocycles. The van der Waals surface area contributed by atoms with Crippen LogP contribution in [0.25, 0.3) is 17.2 Å². The van der Waals surface area contributed by atoms with Gasteiger partial charge in [-0.2, -0.15) is 0 Å². The maximum Gasteiger partial charge on any atom is 0.224 e. The molecule has 1 heterocycles. The predicted molar refractivity (Wildman–Crippen MR) is 121 cm³/mol. The number of amides is 1. The summed E-state index contributed by atoms with van der Waals surface area (Å²) in [4.78, 5) is 13.3. The standard InChI is InChI=1S/C25H22FNO3S/c1-16-22(12-17-5-8-20(9-6-17)31(2)29)21-10-7-18(26)13-24(21)23(16)14-25(28)27-15-19-4-3-11-30-19/h3-13H,14-15H2,1-2H3,(H,27,28)/b22-12+/t31-/m1/s1. The van der Waals surface area contributed by atoms with E-state index in [-0.39, 0.29) is 18.1 Å². The van der Waals surface area contributed by atoms with Crippen molar-refractivity contribution < 1.29 is 17.8 Å². The number of rotatable bonds is 6. The third kappa shape index (κ3) is 4.59. The van der Waals surface area contributed by atoms with E-state index in [1.807, 2.05) is 37.3 Å². The normalized spacial score (nSPS) is 15.3. The van der Waals surface area contributed by atoms with Gasteiger partial charge in [-0.25, -0.2) is 4.39 Å². The second-order valence-electron chi connectivity index (χ2n) is 7.41. The van der Waals surface area contributed by atoms with Crippen LogP contribution in [-0.4, -0.2) is 16.4 Å². The molecule has 0 spiro atoms. The molecule has 2 aromatic carbocycles. The molecule has 0 unspecified atom stereocenters. The Morgan fingerprint density at radius 3 is 2.58 bits per heavy atom. The van der Waals surface area contributed by atoms with Crippen LogP contribution < -0.4 is 5.32 Å². The number of carbonyl (C=O) groups is 1. The lowest BCUT2D eigenvalue weighted by molar-refractivity contribution is -0.120. The van der Waals surface area contributed by atoms with Crippen LogP contribution in [-0.2, 0) is 22.1 Å². The zero-order valence-corrected chi connectivity index (χ0v) is 18.1. The van der Waals surface area contributed by atoms with Crippen LogP contribution in [0.15, 0.2) is 75.7 Å². The van der Waals surface area contributed by atoms with Crippen LogP contribution in [0.3, 0.4) is 0 Å². The molecule has 1 aliphatic rings. The number of furan rings is 1. The summed E-state index contributed by atoms with van der Waals surface area (Å²) >= 11 is 0. The Hall–Kier alpha value is -3.25. The molecular weight excluding hydrogens is 413 g/mol. The van der Waals surface area contributed by atoms with E-state index in [1.54, 1.807) is 30.7 Å². The molecule has 4 nitrogen and oxygen atoms in total. The summed E-state index contributed by atoms with van der Waals surface area (Å²) in [5, 5.41) is 2.85. The summed E-state index contributed by atoms with van der Waals surface area (Å²) in [7, 11) is -1.04. The maximum atomic E-state index is 14.0. The lowest BCUT2D eigenvalue weighted by atomic mass is 10.0. The highest BCUT2D eigenvalue weighted by Crippen LogP contribution is 2.43. The van der Waals surface area contributed by atoms with Crippen LogP contribution in [0.5, 0.6) is 0 Å². The third-order valence-corrected chi connectivity index (χ3v) is 6.29. The number of nitrogens with one attached hydrogen (secondary N) is 1. The van der Waals surface area contributed by atoms with Gasteiger partial charge < -0.3 is 9.73 Å². The molecule has 0 saturated heterocycles. The lowest BCUT2D eigenvalue weighted by Gasteiger charge is -2.07. The van der Waals surface area contributed by atoms with Crippen molar-refractivity contribution >= 4 is 33.9 Å². The van der Waals surface area contributed by atoms with Gasteiger partial charge in [-0.05, 0) is 82.8 Å². The van der Waals surface area contributed by atoms with Gasteiger partial charge in [-0.3, -0.25) is 9.00 Å². The SMILES string of the molecule is CC1=C(CC(=O)NCc2ccco2)c2cc(F)ccc2/C1=C/c1ccc([S@@](C)=O)cc1. The molecule has 6 heteroatoms. The average Bonchev–Trinajstić information content (AvgIpc) is 3.35. The van der Waals surface area contributed by atoms with Crippen LogP contribution in [0, 0.1) is 5.82 Å². The summed E-state index contributed by atoms with van der Waals surface area (Å²) in [6, 6.07) is 15.7. The van der Waals surface area contributed by atoms with E-state index in [1.165, 1.54) is 12.1 Å². The molecule has 1 atom stereocenters. The summed E-state index contributed by atoms with van der Waals surface area (Å²) in [6.07, 6.45) is 5.37. The van der Waals surface area contributed by atoms with E-state index in [0.717, 1.165) is 38.3 Å². The first-order valence-corrected chi connectivity index (χ1v) is 11.4. The quantitative estimate of drug-likeness (QED) is 0.580. The predicted octanol–water partition coefficient (Wildman–Crippen LogP) is 5.19. The van der Waals surface area contributed by atoms with Crippen molar-refractivity contribution in [3.63, 3.8) is 0 Å². The van der Waals surface area contributed by atoms with Gasteiger partial charge in [-0.15, -0.1) is 0 Å². The highest BCUT2D eigenvalue weighted by molar-refractivity contribution is 7.84. The van der Waals surface area contributed by atoms with E-state index >= 15 is 0 Å². The summed E-state index contributed by atoms with van der Waals surface area (Å²) in [6.45, 7) is 2.26. The fraction of sp³-hybridized carbons (Fsp3) is 0.160. The highest BCUT2D eigenvalue weighted by atomic mass is 32.2. The largest absolute Gasteiger partial charge is 0.467 e. The minimum Gasteiger partial charge on any atom is -0.467 e. The molecule has 158 valence electrons. The zero-order valence-electron chi connectivity index (χ0n) is 17.3. The Morgan fingerprint density at radius 1 is 1.13 bits per heavy atom. The Balaban J connectivity index is 1.64. The van der Waals surface area contributed by atoms with E-state index < -0.39 is 10.8 Å². The van der Waals surface area contributed by atoms with Crippen molar-refractivity contribution in [3.8, 4) is 0 Å². The first-order chi connectivity index (χ1) is 14.9. The van der Waals surface area contributed by atoms with Crippen molar-refractivity contribution in [2.45, 2.75) is 24.8 Å². The summed E-state index contributed by atoms with van der Waals surface area (Å²) in [5.41, 5.74) is 5.29.